The molecule has 0 fully saturated rings. The van der Waals surface area contributed by atoms with E-state index < -0.39 is 0 Å². The van der Waals surface area contributed by atoms with Crippen molar-refractivity contribution in [1.29, 1.82) is 0 Å². The number of hydrogen-bond acceptors (Lipinski definition) is 3. The Bertz CT molecular complexity index is 449. The van der Waals surface area contributed by atoms with Gasteiger partial charge in [0.1, 0.15) is 5.82 Å². The predicted molar refractivity (Wildman–Crippen MR) is 67.5 cm³/mol. The fraction of sp³-hybridized carbons (Fsp3) is 0.385. The van der Waals surface area contributed by atoms with Gasteiger partial charge in [0.25, 0.3) is 0 Å². The molecule has 3 N–H and O–H groups in total. The van der Waals surface area contributed by atoms with Crippen molar-refractivity contribution >= 4 is 0 Å². The van der Waals surface area contributed by atoms with Gasteiger partial charge in [0.2, 0.25) is 0 Å². The Morgan fingerprint density at radius 2 is 2.06 bits per heavy atom. The fourth-order valence-electron chi connectivity index (χ4n) is 1.78. The molecule has 17 heavy (non-hydrogen) atoms. The Labute approximate surface area is 101 Å². The maximum Gasteiger partial charge on any atom is 0.167 e. The molecule has 90 valence electrons. The highest BCUT2D eigenvalue weighted by molar-refractivity contribution is 5.17. The van der Waals surface area contributed by atoms with E-state index in [0.717, 1.165) is 25.1 Å². The van der Waals surface area contributed by atoms with Crippen molar-refractivity contribution < 1.29 is 0 Å². The molecule has 0 aliphatic heterocycles. The molecular weight excluding hydrogens is 212 g/mol. The van der Waals surface area contributed by atoms with E-state index in [9.17, 15) is 0 Å². The molecule has 0 unspecified atom stereocenters. The van der Waals surface area contributed by atoms with Gasteiger partial charge in [-0.3, -0.25) is 5.10 Å². The van der Waals surface area contributed by atoms with Gasteiger partial charge in [0.05, 0.1) is 6.04 Å². The summed E-state index contributed by atoms with van der Waals surface area (Å²) in [6, 6.07) is 10.0. The third kappa shape index (κ3) is 3.14. The molecule has 0 radical (unpaired) electrons. The first-order valence-electron chi connectivity index (χ1n) is 6.00. The maximum atomic E-state index is 6.09. The molecule has 1 aromatic heterocycles. The number of aromatic nitrogens is 3. The van der Waals surface area contributed by atoms with E-state index in [1.807, 2.05) is 18.2 Å². The topological polar surface area (TPSA) is 67.6 Å². The second kappa shape index (κ2) is 5.59. The molecule has 0 spiro atoms. The first-order chi connectivity index (χ1) is 8.29. The number of hydrogen-bond donors (Lipinski definition) is 2. The summed E-state index contributed by atoms with van der Waals surface area (Å²) in [7, 11) is 0. The monoisotopic (exact) mass is 230 g/mol. The number of aryl methyl sites for hydroxylation is 1. The molecule has 0 aliphatic rings. The number of nitrogens with one attached hydrogen (secondary N) is 1. The van der Waals surface area contributed by atoms with Crippen LogP contribution in [0.15, 0.2) is 30.3 Å². The number of H-pyrrole nitrogens is 1. The van der Waals surface area contributed by atoms with Crippen LogP contribution in [0.5, 0.6) is 0 Å². The summed E-state index contributed by atoms with van der Waals surface area (Å²) in [5, 5.41) is 7.10. The zero-order valence-corrected chi connectivity index (χ0v) is 10.1. The second-order valence-corrected chi connectivity index (χ2v) is 4.19. The average Bonchev–Trinajstić information content (AvgIpc) is 2.79. The summed E-state index contributed by atoms with van der Waals surface area (Å²) in [6.07, 6.45) is 2.75. The van der Waals surface area contributed by atoms with E-state index in [-0.39, 0.29) is 6.04 Å². The first kappa shape index (κ1) is 11.8. The highest BCUT2D eigenvalue weighted by Gasteiger charge is 2.12. The minimum atomic E-state index is -0.140. The lowest BCUT2D eigenvalue weighted by Crippen LogP contribution is -2.15. The van der Waals surface area contributed by atoms with Crippen molar-refractivity contribution in [2.75, 3.05) is 0 Å². The second-order valence-electron chi connectivity index (χ2n) is 4.19. The smallest absolute Gasteiger partial charge is 0.167 e. The van der Waals surface area contributed by atoms with E-state index >= 15 is 0 Å². The molecule has 1 atom stereocenters. The van der Waals surface area contributed by atoms with Crippen molar-refractivity contribution in [2.24, 2.45) is 5.73 Å². The average molecular weight is 230 g/mol. The van der Waals surface area contributed by atoms with Gasteiger partial charge in [0.15, 0.2) is 5.82 Å². The Kier molecular flexibility index (Phi) is 3.88. The van der Waals surface area contributed by atoms with Gasteiger partial charge < -0.3 is 5.73 Å². The summed E-state index contributed by atoms with van der Waals surface area (Å²) in [5.74, 6) is 1.63. The van der Waals surface area contributed by atoms with Crippen LogP contribution in [0, 0.1) is 0 Å². The standard InChI is InChI=1S/C13H18N4/c1-2-6-12-15-13(17-16-12)11(14)9-10-7-4-3-5-8-10/h3-5,7-8,11H,2,6,9,14H2,1H3,(H,15,16,17)/t11-/m0/s1. The molecular formula is C13H18N4. The van der Waals surface area contributed by atoms with Gasteiger partial charge in [-0.25, -0.2) is 4.98 Å². The highest BCUT2D eigenvalue weighted by atomic mass is 15.2. The normalized spacial score (nSPS) is 12.6. The fourth-order valence-corrected chi connectivity index (χ4v) is 1.78. The van der Waals surface area contributed by atoms with Crippen LogP contribution < -0.4 is 5.73 Å². The van der Waals surface area contributed by atoms with Crippen LogP contribution in [0.2, 0.25) is 0 Å². The van der Waals surface area contributed by atoms with Gasteiger partial charge in [-0.1, -0.05) is 37.3 Å². The van der Waals surface area contributed by atoms with Crippen LogP contribution in [-0.2, 0) is 12.8 Å². The summed E-state index contributed by atoms with van der Waals surface area (Å²) in [4.78, 5) is 4.40. The van der Waals surface area contributed by atoms with Gasteiger partial charge in [0, 0.05) is 6.42 Å². The molecule has 0 aliphatic carbocycles. The van der Waals surface area contributed by atoms with Gasteiger partial charge >= 0.3 is 0 Å². The highest BCUT2D eigenvalue weighted by Crippen LogP contribution is 2.12. The van der Waals surface area contributed by atoms with E-state index in [0.29, 0.717) is 5.82 Å². The number of rotatable bonds is 5. The van der Waals surface area contributed by atoms with Gasteiger partial charge in [-0.15, -0.1) is 0 Å². The first-order valence-corrected chi connectivity index (χ1v) is 6.00. The molecule has 0 saturated heterocycles. The summed E-state index contributed by atoms with van der Waals surface area (Å²) < 4.78 is 0. The van der Waals surface area contributed by atoms with Crippen molar-refractivity contribution in [3.8, 4) is 0 Å². The van der Waals surface area contributed by atoms with Crippen molar-refractivity contribution in [2.45, 2.75) is 32.2 Å². The molecule has 1 aromatic carbocycles. The quantitative estimate of drug-likeness (QED) is 0.825. The SMILES string of the molecule is CCCc1nc([C@@H](N)Cc2ccccc2)n[nH]1. The van der Waals surface area contributed by atoms with E-state index in [2.05, 4.69) is 34.2 Å². The van der Waals surface area contributed by atoms with Crippen LogP contribution in [0.25, 0.3) is 0 Å². The van der Waals surface area contributed by atoms with Crippen molar-refractivity contribution in [3.63, 3.8) is 0 Å². The number of benzene rings is 1. The van der Waals surface area contributed by atoms with Crippen LogP contribution in [0.1, 0.15) is 36.6 Å². The van der Waals surface area contributed by atoms with Crippen LogP contribution >= 0.6 is 0 Å². The Hall–Kier alpha value is -1.68. The molecule has 2 rings (SSSR count). The number of nitrogens with two attached hydrogens (primary N) is 1. The summed E-state index contributed by atoms with van der Waals surface area (Å²) >= 11 is 0. The third-order valence-corrected chi connectivity index (χ3v) is 2.67. The van der Waals surface area contributed by atoms with E-state index in [4.69, 9.17) is 5.73 Å². The van der Waals surface area contributed by atoms with Crippen molar-refractivity contribution in [3.05, 3.63) is 47.5 Å². The summed E-state index contributed by atoms with van der Waals surface area (Å²) in [5.41, 5.74) is 7.30. The Morgan fingerprint density at radius 1 is 1.29 bits per heavy atom. The summed E-state index contributed by atoms with van der Waals surface area (Å²) in [6.45, 7) is 2.12. The van der Waals surface area contributed by atoms with E-state index in [1.54, 1.807) is 0 Å². The maximum absolute atomic E-state index is 6.09. The van der Waals surface area contributed by atoms with Crippen LogP contribution in [0.4, 0.5) is 0 Å². The molecule has 2 aromatic rings. The molecule has 0 amide bonds. The minimum Gasteiger partial charge on any atom is -0.321 e. The Balaban J connectivity index is 2.01. The third-order valence-electron chi connectivity index (χ3n) is 2.67. The molecule has 1 heterocycles. The number of aromatic amines is 1. The molecule has 0 saturated carbocycles. The van der Waals surface area contributed by atoms with Crippen LogP contribution in [0.3, 0.4) is 0 Å². The Morgan fingerprint density at radius 3 is 2.76 bits per heavy atom. The van der Waals surface area contributed by atoms with Gasteiger partial charge in [-0.05, 0) is 18.4 Å². The number of nitrogens with zero attached hydrogens (tertiary/aromatic N) is 2. The molecule has 0 bridgehead atoms. The lowest BCUT2D eigenvalue weighted by atomic mass is 10.1. The van der Waals surface area contributed by atoms with Crippen LogP contribution in [-0.4, -0.2) is 15.2 Å². The molecule has 4 nitrogen and oxygen atoms in total. The predicted octanol–water partition coefficient (Wildman–Crippen LogP) is 2.00. The van der Waals surface area contributed by atoms with E-state index in [1.165, 1.54) is 5.56 Å². The minimum absolute atomic E-state index is 0.140. The lowest BCUT2D eigenvalue weighted by molar-refractivity contribution is 0.670. The lowest BCUT2D eigenvalue weighted by Gasteiger charge is -2.06. The van der Waals surface area contributed by atoms with Crippen molar-refractivity contribution in [1.82, 2.24) is 15.2 Å². The zero-order chi connectivity index (χ0) is 12.1. The van der Waals surface area contributed by atoms with Gasteiger partial charge in [-0.2, -0.15) is 5.10 Å². The zero-order valence-electron chi connectivity index (χ0n) is 10.1. The largest absolute Gasteiger partial charge is 0.321 e. The molecule has 4 heteroatoms.